The van der Waals surface area contributed by atoms with E-state index in [9.17, 15) is 18.7 Å². The normalized spacial score (nSPS) is 12.9. The second-order valence-corrected chi connectivity index (χ2v) is 5.79. The van der Waals surface area contributed by atoms with Crippen LogP contribution in [0.2, 0.25) is 0 Å². The highest BCUT2D eigenvalue weighted by Crippen LogP contribution is 2.20. The molecule has 22 heavy (non-hydrogen) atoms. The third kappa shape index (κ3) is 6.26. The summed E-state index contributed by atoms with van der Waals surface area (Å²) >= 11 is 0. The maximum absolute atomic E-state index is 12.2. The number of aliphatic hydroxyl groups is 1. The van der Waals surface area contributed by atoms with Crippen LogP contribution in [-0.4, -0.2) is 41.8 Å². The van der Waals surface area contributed by atoms with E-state index in [0.29, 0.717) is 5.56 Å². The molecule has 0 heterocycles. The number of halogens is 2. The van der Waals surface area contributed by atoms with Crippen molar-refractivity contribution in [1.29, 1.82) is 0 Å². The molecule has 124 valence electrons. The Hall–Kier alpha value is -1.89. The zero-order chi connectivity index (χ0) is 16.9. The van der Waals surface area contributed by atoms with Gasteiger partial charge in [0.15, 0.2) is 0 Å². The molecule has 7 heteroatoms. The molecule has 1 unspecified atom stereocenters. The zero-order valence-corrected chi connectivity index (χ0v) is 13.1. The summed E-state index contributed by atoms with van der Waals surface area (Å²) in [5.74, 6) is 0.0402. The van der Waals surface area contributed by atoms with Crippen LogP contribution in [0.3, 0.4) is 0 Å². The summed E-state index contributed by atoms with van der Waals surface area (Å²) in [7, 11) is 1.57. The fraction of sp³-hybridized carbons (Fsp3) is 0.533. The van der Waals surface area contributed by atoms with Gasteiger partial charge in [0.25, 0.3) is 0 Å². The highest BCUT2D eigenvalue weighted by Gasteiger charge is 2.20. The highest BCUT2D eigenvalue weighted by atomic mass is 19.3. The number of amides is 2. The maximum Gasteiger partial charge on any atom is 0.387 e. The van der Waals surface area contributed by atoms with Crippen LogP contribution in [0.5, 0.6) is 5.75 Å². The van der Waals surface area contributed by atoms with Crippen molar-refractivity contribution in [2.45, 2.75) is 39.0 Å². The summed E-state index contributed by atoms with van der Waals surface area (Å²) in [6.45, 7) is 2.21. The lowest BCUT2D eigenvalue weighted by Crippen LogP contribution is -2.45. The van der Waals surface area contributed by atoms with E-state index in [1.807, 2.05) is 0 Å². The molecule has 1 atom stereocenters. The summed E-state index contributed by atoms with van der Waals surface area (Å²) < 4.78 is 28.7. The number of hydrogen-bond donors (Lipinski definition) is 2. The van der Waals surface area contributed by atoms with E-state index < -0.39 is 18.3 Å². The Morgan fingerprint density at radius 3 is 2.64 bits per heavy atom. The van der Waals surface area contributed by atoms with Crippen molar-refractivity contribution >= 4 is 6.03 Å². The average molecular weight is 316 g/mol. The molecular weight excluding hydrogens is 294 g/mol. The Balaban J connectivity index is 2.68. The molecule has 1 aromatic rings. The van der Waals surface area contributed by atoms with Crippen molar-refractivity contribution in [3.05, 3.63) is 29.8 Å². The Labute approximate surface area is 128 Å². The molecule has 0 fully saturated rings. The van der Waals surface area contributed by atoms with Gasteiger partial charge in [0.05, 0.1) is 18.2 Å². The first-order valence-electron chi connectivity index (χ1n) is 6.87. The van der Waals surface area contributed by atoms with E-state index in [-0.39, 0.29) is 18.3 Å². The summed E-state index contributed by atoms with van der Waals surface area (Å²) in [6, 6.07) is 5.40. The third-order valence-electron chi connectivity index (χ3n) is 2.89. The third-order valence-corrected chi connectivity index (χ3v) is 2.89. The number of nitrogens with one attached hydrogen (secondary N) is 1. The van der Waals surface area contributed by atoms with E-state index in [2.05, 4.69) is 10.1 Å². The van der Waals surface area contributed by atoms with E-state index >= 15 is 0 Å². The number of urea groups is 1. The summed E-state index contributed by atoms with van der Waals surface area (Å²) in [5, 5.41) is 12.4. The van der Waals surface area contributed by atoms with Gasteiger partial charge in [0.1, 0.15) is 5.75 Å². The predicted molar refractivity (Wildman–Crippen MR) is 78.9 cm³/mol. The molecule has 0 radical (unpaired) electrons. The number of alkyl halides is 2. The van der Waals surface area contributed by atoms with Gasteiger partial charge in [-0.15, -0.1) is 0 Å². The highest BCUT2D eigenvalue weighted by molar-refractivity contribution is 5.74. The van der Waals surface area contributed by atoms with Crippen LogP contribution in [-0.2, 0) is 0 Å². The molecule has 0 aliphatic heterocycles. The molecule has 0 saturated carbocycles. The van der Waals surface area contributed by atoms with Gasteiger partial charge in [-0.1, -0.05) is 12.1 Å². The lowest BCUT2D eigenvalue weighted by molar-refractivity contribution is -0.0499. The van der Waals surface area contributed by atoms with Gasteiger partial charge in [-0.05, 0) is 38.5 Å². The van der Waals surface area contributed by atoms with E-state index in [0.717, 1.165) is 0 Å². The Morgan fingerprint density at radius 1 is 1.45 bits per heavy atom. The fourth-order valence-corrected chi connectivity index (χ4v) is 1.99. The first kappa shape index (κ1) is 18.2. The molecule has 0 aliphatic carbocycles. The Kier molecular flexibility index (Phi) is 6.11. The molecule has 1 rings (SSSR count). The van der Waals surface area contributed by atoms with Gasteiger partial charge in [-0.25, -0.2) is 4.79 Å². The van der Waals surface area contributed by atoms with Crippen molar-refractivity contribution in [1.82, 2.24) is 10.2 Å². The van der Waals surface area contributed by atoms with Crippen molar-refractivity contribution in [3.8, 4) is 5.75 Å². The van der Waals surface area contributed by atoms with Gasteiger partial charge in [0, 0.05) is 7.05 Å². The Bertz CT molecular complexity index is 504. The number of rotatable bonds is 6. The van der Waals surface area contributed by atoms with Crippen LogP contribution in [0.1, 0.15) is 32.4 Å². The number of benzene rings is 1. The van der Waals surface area contributed by atoms with Crippen molar-refractivity contribution in [2.75, 3.05) is 13.6 Å². The number of carbonyl (C=O) groups is 1. The average Bonchev–Trinajstić information content (AvgIpc) is 2.36. The smallest absolute Gasteiger partial charge is 0.387 e. The van der Waals surface area contributed by atoms with Crippen molar-refractivity contribution < 1.29 is 23.4 Å². The minimum Gasteiger partial charge on any atom is -0.435 e. The van der Waals surface area contributed by atoms with Crippen LogP contribution in [0.25, 0.3) is 0 Å². The first-order chi connectivity index (χ1) is 10.1. The second kappa shape index (κ2) is 7.40. The monoisotopic (exact) mass is 316 g/mol. The Morgan fingerprint density at radius 2 is 2.09 bits per heavy atom. The largest absolute Gasteiger partial charge is 0.435 e. The number of nitrogens with zero attached hydrogens (tertiary/aromatic N) is 1. The predicted octanol–water partition coefficient (Wildman–Crippen LogP) is 2.76. The van der Waals surface area contributed by atoms with Gasteiger partial charge >= 0.3 is 12.6 Å². The summed E-state index contributed by atoms with van der Waals surface area (Å²) in [5.41, 5.74) is -0.358. The molecule has 0 spiro atoms. The molecule has 5 nitrogen and oxygen atoms in total. The second-order valence-electron chi connectivity index (χ2n) is 5.79. The van der Waals surface area contributed by atoms with Crippen LogP contribution < -0.4 is 10.1 Å². The molecule has 0 aliphatic rings. The number of carbonyl (C=O) groups excluding carboxylic acids is 1. The lowest BCUT2D eigenvalue weighted by Gasteiger charge is -2.27. The molecule has 0 bridgehead atoms. The van der Waals surface area contributed by atoms with Crippen LogP contribution in [0.4, 0.5) is 13.6 Å². The summed E-state index contributed by atoms with van der Waals surface area (Å²) in [4.78, 5) is 13.4. The minimum absolute atomic E-state index is 0.0402. The molecule has 0 aromatic heterocycles. The van der Waals surface area contributed by atoms with Crippen LogP contribution in [0.15, 0.2) is 24.3 Å². The van der Waals surface area contributed by atoms with Crippen molar-refractivity contribution in [3.63, 3.8) is 0 Å². The van der Waals surface area contributed by atoms with Crippen LogP contribution in [0, 0.1) is 0 Å². The van der Waals surface area contributed by atoms with E-state index in [4.69, 9.17) is 0 Å². The minimum atomic E-state index is -2.89. The van der Waals surface area contributed by atoms with Gasteiger partial charge in [-0.2, -0.15) is 8.78 Å². The molecule has 0 saturated heterocycles. The number of likely N-dealkylation sites (N-methyl/N-ethyl adjacent to an activating group) is 1. The van der Waals surface area contributed by atoms with Gasteiger partial charge in [-0.3, -0.25) is 0 Å². The van der Waals surface area contributed by atoms with Gasteiger partial charge < -0.3 is 20.1 Å². The van der Waals surface area contributed by atoms with E-state index in [1.165, 1.54) is 17.0 Å². The zero-order valence-electron chi connectivity index (χ0n) is 13.1. The lowest BCUT2D eigenvalue weighted by atomic mass is 10.1. The topological polar surface area (TPSA) is 61.8 Å². The quantitative estimate of drug-likeness (QED) is 0.848. The molecular formula is C15H22F2N2O3. The molecule has 2 amide bonds. The first-order valence-corrected chi connectivity index (χ1v) is 6.87. The number of ether oxygens (including phenoxy) is 1. The summed E-state index contributed by atoms with van der Waals surface area (Å²) in [6.07, 6.45) is 0. The molecule has 1 aromatic carbocycles. The van der Waals surface area contributed by atoms with Crippen molar-refractivity contribution in [2.24, 2.45) is 0 Å². The standard InChI is InChI=1S/C15H22F2N2O3/c1-10(18-14(20)19(4)9-15(2,3)21)11-6-5-7-12(8-11)22-13(16)17/h5-8,10,13,21H,9H2,1-4H3,(H,18,20). The van der Waals surface area contributed by atoms with E-state index in [1.54, 1.807) is 40.0 Å². The SMILES string of the molecule is CC(NC(=O)N(C)CC(C)(C)O)c1cccc(OC(F)F)c1. The van der Waals surface area contributed by atoms with Crippen LogP contribution >= 0.6 is 0 Å². The maximum atomic E-state index is 12.2. The molecule has 2 N–H and O–H groups in total. The fourth-order valence-electron chi connectivity index (χ4n) is 1.99. The van der Waals surface area contributed by atoms with Gasteiger partial charge in [0.2, 0.25) is 0 Å². The number of hydrogen-bond acceptors (Lipinski definition) is 3.